The number of hydrogen-bond acceptors (Lipinski definition) is 2. The molecule has 1 saturated heterocycles. The normalized spacial score (nSPS) is 14.2. The number of guanidine groups is 1. The lowest BCUT2D eigenvalue weighted by Crippen LogP contribution is -2.37. The average Bonchev–Trinajstić information content (AvgIpc) is 3.12. The molecule has 1 aromatic rings. The zero-order chi connectivity index (χ0) is 18.1. The van der Waals surface area contributed by atoms with E-state index in [4.69, 9.17) is 0 Å². The minimum absolute atomic E-state index is 0. The summed E-state index contributed by atoms with van der Waals surface area (Å²) < 4.78 is 0. The van der Waals surface area contributed by atoms with E-state index in [1.807, 2.05) is 29.2 Å². The second-order valence-electron chi connectivity index (χ2n) is 6.86. The molecule has 1 aliphatic heterocycles. The van der Waals surface area contributed by atoms with Crippen LogP contribution in [0.5, 0.6) is 0 Å². The van der Waals surface area contributed by atoms with Crippen molar-refractivity contribution in [2.75, 3.05) is 32.0 Å². The van der Waals surface area contributed by atoms with E-state index < -0.39 is 0 Å². The maximum Gasteiger partial charge on any atom is 0.321 e. The van der Waals surface area contributed by atoms with E-state index in [-0.39, 0.29) is 30.0 Å². The molecule has 1 fully saturated rings. The van der Waals surface area contributed by atoms with Crippen LogP contribution in [0.25, 0.3) is 0 Å². The van der Waals surface area contributed by atoms with Crippen LogP contribution in [0.15, 0.2) is 29.3 Å². The number of nitrogens with one attached hydrogen (secondary N) is 3. The number of urea groups is 1. The van der Waals surface area contributed by atoms with Crippen molar-refractivity contribution < 1.29 is 4.79 Å². The van der Waals surface area contributed by atoms with Crippen molar-refractivity contribution >= 4 is 41.7 Å². The van der Waals surface area contributed by atoms with Crippen molar-refractivity contribution in [2.45, 2.75) is 39.7 Å². The number of benzene rings is 1. The van der Waals surface area contributed by atoms with Crippen LogP contribution in [0.3, 0.4) is 0 Å². The van der Waals surface area contributed by atoms with Crippen LogP contribution in [-0.4, -0.2) is 43.6 Å². The fourth-order valence-corrected chi connectivity index (χ4v) is 2.77. The zero-order valence-corrected chi connectivity index (χ0v) is 18.4. The predicted octanol–water partition coefficient (Wildman–Crippen LogP) is 3.64. The highest BCUT2D eigenvalue weighted by atomic mass is 127. The molecule has 0 spiro atoms. The van der Waals surface area contributed by atoms with E-state index >= 15 is 0 Å². The lowest BCUT2D eigenvalue weighted by Gasteiger charge is -2.17. The van der Waals surface area contributed by atoms with Gasteiger partial charge in [0.05, 0.1) is 0 Å². The van der Waals surface area contributed by atoms with Gasteiger partial charge in [0.25, 0.3) is 0 Å². The summed E-state index contributed by atoms with van der Waals surface area (Å²) in [6, 6.07) is 7.93. The molecule has 0 aromatic heterocycles. The quantitative estimate of drug-likeness (QED) is 0.336. The maximum absolute atomic E-state index is 12.2. The highest BCUT2D eigenvalue weighted by Crippen LogP contribution is 2.14. The number of hydrogen-bond donors (Lipinski definition) is 3. The van der Waals surface area contributed by atoms with Crippen LogP contribution >= 0.6 is 24.0 Å². The fraction of sp³-hybridized carbons (Fsp3) is 0.579. The van der Waals surface area contributed by atoms with Crippen LogP contribution in [0.1, 0.15) is 38.7 Å². The molecule has 0 saturated carbocycles. The van der Waals surface area contributed by atoms with Gasteiger partial charge in [0, 0.05) is 38.9 Å². The van der Waals surface area contributed by atoms with Gasteiger partial charge in [-0.25, -0.2) is 4.79 Å². The van der Waals surface area contributed by atoms with E-state index in [1.165, 1.54) is 0 Å². The first-order valence-corrected chi connectivity index (χ1v) is 9.18. The number of aliphatic imine (C=N–C) groups is 1. The second-order valence-corrected chi connectivity index (χ2v) is 6.86. The van der Waals surface area contributed by atoms with E-state index in [0.717, 1.165) is 56.1 Å². The number of likely N-dealkylation sites (tertiary alicyclic amines) is 1. The van der Waals surface area contributed by atoms with Crippen molar-refractivity contribution in [3.63, 3.8) is 0 Å². The Bertz CT molecular complexity index is 585. The van der Waals surface area contributed by atoms with Gasteiger partial charge in [-0.2, -0.15) is 0 Å². The largest absolute Gasteiger partial charge is 0.356 e. The molecule has 0 radical (unpaired) electrons. The fourth-order valence-electron chi connectivity index (χ4n) is 2.77. The van der Waals surface area contributed by atoms with Gasteiger partial charge in [0.1, 0.15) is 0 Å². The highest BCUT2D eigenvalue weighted by molar-refractivity contribution is 14.0. The topological polar surface area (TPSA) is 68.8 Å². The van der Waals surface area contributed by atoms with Crippen molar-refractivity contribution in [3.8, 4) is 0 Å². The number of nitrogens with zero attached hydrogens (tertiary/aromatic N) is 2. The Morgan fingerprint density at radius 2 is 1.96 bits per heavy atom. The summed E-state index contributed by atoms with van der Waals surface area (Å²) in [5.41, 5.74) is 1.94. The molecule has 2 rings (SSSR count). The smallest absolute Gasteiger partial charge is 0.321 e. The van der Waals surface area contributed by atoms with E-state index in [0.29, 0.717) is 12.5 Å². The van der Waals surface area contributed by atoms with Crippen molar-refractivity contribution in [2.24, 2.45) is 10.9 Å². The Morgan fingerprint density at radius 1 is 1.23 bits per heavy atom. The Kier molecular flexibility index (Phi) is 10.4. The maximum atomic E-state index is 12.2. The zero-order valence-electron chi connectivity index (χ0n) is 16.0. The van der Waals surface area contributed by atoms with Gasteiger partial charge in [-0.15, -0.1) is 24.0 Å². The highest BCUT2D eigenvalue weighted by Gasteiger charge is 2.17. The predicted molar refractivity (Wildman–Crippen MR) is 119 cm³/mol. The summed E-state index contributed by atoms with van der Waals surface area (Å²) in [4.78, 5) is 18.3. The number of carbonyl (C=O) groups is 1. The van der Waals surface area contributed by atoms with E-state index in [1.54, 1.807) is 7.05 Å². The summed E-state index contributed by atoms with van der Waals surface area (Å²) in [5, 5.41) is 9.61. The van der Waals surface area contributed by atoms with Gasteiger partial charge in [-0.1, -0.05) is 26.0 Å². The van der Waals surface area contributed by atoms with E-state index in [9.17, 15) is 4.79 Å². The van der Waals surface area contributed by atoms with Gasteiger partial charge < -0.3 is 20.9 Å². The standard InChI is InChI=1S/C19H31N5O.HI/c1-15(2)9-10-21-18(20-3)22-14-16-7-6-8-17(13-16)23-19(25)24-11-4-5-12-24;/h6-8,13,15H,4-5,9-12,14H2,1-3H3,(H,23,25)(H2,20,21,22);1H. The summed E-state index contributed by atoms with van der Waals surface area (Å²) in [5.74, 6) is 1.47. The summed E-state index contributed by atoms with van der Waals surface area (Å²) in [7, 11) is 1.78. The van der Waals surface area contributed by atoms with Crippen LogP contribution < -0.4 is 16.0 Å². The minimum Gasteiger partial charge on any atom is -0.356 e. The Hall–Kier alpha value is -1.51. The SMILES string of the molecule is CN=C(NCCC(C)C)NCc1cccc(NC(=O)N2CCCC2)c1.I. The molecule has 0 aliphatic carbocycles. The molecule has 1 aromatic carbocycles. The molecule has 7 heteroatoms. The first-order chi connectivity index (χ1) is 12.1. The number of carbonyl (C=O) groups excluding carboxylic acids is 1. The molecule has 0 atom stereocenters. The van der Waals surface area contributed by atoms with Crippen LogP contribution in [0.4, 0.5) is 10.5 Å². The number of halogens is 1. The molecular weight excluding hydrogens is 441 g/mol. The molecule has 2 amide bonds. The molecule has 0 unspecified atom stereocenters. The molecule has 6 nitrogen and oxygen atoms in total. The first-order valence-electron chi connectivity index (χ1n) is 9.18. The first kappa shape index (κ1) is 22.5. The van der Waals surface area contributed by atoms with Gasteiger partial charge in [-0.05, 0) is 42.9 Å². The van der Waals surface area contributed by atoms with E-state index in [2.05, 4.69) is 34.8 Å². The van der Waals surface area contributed by atoms with Gasteiger partial charge in [0.15, 0.2) is 5.96 Å². The van der Waals surface area contributed by atoms with Crippen LogP contribution in [0, 0.1) is 5.92 Å². The Morgan fingerprint density at radius 3 is 2.62 bits per heavy atom. The second kappa shape index (κ2) is 12.0. The van der Waals surface area contributed by atoms with Crippen molar-refractivity contribution in [3.05, 3.63) is 29.8 Å². The average molecular weight is 473 g/mol. The van der Waals surface area contributed by atoms with Crippen molar-refractivity contribution in [1.29, 1.82) is 0 Å². The Balaban J connectivity index is 0.00000338. The Labute approximate surface area is 174 Å². The number of amides is 2. The lowest BCUT2D eigenvalue weighted by atomic mass is 10.1. The third-order valence-electron chi connectivity index (χ3n) is 4.27. The molecular formula is C19H32IN5O. The molecule has 1 aliphatic rings. The van der Waals surface area contributed by atoms with Gasteiger partial charge >= 0.3 is 6.03 Å². The summed E-state index contributed by atoms with van der Waals surface area (Å²) in [6.45, 7) is 7.69. The molecule has 1 heterocycles. The summed E-state index contributed by atoms with van der Waals surface area (Å²) >= 11 is 0. The third kappa shape index (κ3) is 7.80. The third-order valence-corrected chi connectivity index (χ3v) is 4.27. The number of rotatable bonds is 6. The lowest BCUT2D eigenvalue weighted by molar-refractivity contribution is 0.222. The van der Waals surface area contributed by atoms with Crippen LogP contribution in [0.2, 0.25) is 0 Å². The number of anilines is 1. The van der Waals surface area contributed by atoms with Gasteiger partial charge in [-0.3, -0.25) is 4.99 Å². The molecule has 146 valence electrons. The van der Waals surface area contributed by atoms with Crippen LogP contribution in [-0.2, 0) is 6.54 Å². The monoisotopic (exact) mass is 473 g/mol. The molecule has 3 N–H and O–H groups in total. The van der Waals surface area contributed by atoms with Gasteiger partial charge in [0.2, 0.25) is 0 Å². The molecule has 26 heavy (non-hydrogen) atoms. The molecule has 0 bridgehead atoms. The summed E-state index contributed by atoms with van der Waals surface area (Å²) in [6.07, 6.45) is 3.30. The van der Waals surface area contributed by atoms with Crippen molar-refractivity contribution in [1.82, 2.24) is 15.5 Å². The minimum atomic E-state index is -0.00577.